The molecule has 1 aliphatic heterocycles. The van der Waals surface area contributed by atoms with E-state index >= 15 is 0 Å². The molecule has 2 aliphatic carbocycles. The van der Waals surface area contributed by atoms with Gasteiger partial charge in [0, 0.05) is 6.20 Å². The van der Waals surface area contributed by atoms with Crippen LogP contribution in [0.5, 0.6) is 0 Å². The van der Waals surface area contributed by atoms with Gasteiger partial charge in [0.1, 0.15) is 5.54 Å². The van der Waals surface area contributed by atoms with Crippen LogP contribution in [0.4, 0.5) is 4.79 Å². The van der Waals surface area contributed by atoms with E-state index in [1.807, 2.05) is 42.6 Å². The quantitative estimate of drug-likeness (QED) is 0.853. The van der Waals surface area contributed by atoms with Crippen molar-refractivity contribution in [2.75, 3.05) is 0 Å². The van der Waals surface area contributed by atoms with Gasteiger partial charge in [0.2, 0.25) is 0 Å². The molecule has 1 aromatic carbocycles. The zero-order valence-corrected chi connectivity index (χ0v) is 13.9. The highest BCUT2D eigenvalue weighted by Crippen LogP contribution is 2.54. The number of nitrogens with zero attached hydrogens (tertiary/aromatic N) is 3. The molecule has 2 aromatic rings. The van der Waals surface area contributed by atoms with Crippen LogP contribution in [0.1, 0.15) is 31.4 Å². The maximum atomic E-state index is 13.1. The Balaban J connectivity index is 1.38. The number of carbonyl (C=O) groups excluding carboxylic acids is 2. The maximum absolute atomic E-state index is 13.1. The van der Waals surface area contributed by atoms with Crippen molar-refractivity contribution in [3.63, 3.8) is 0 Å². The first-order chi connectivity index (χ1) is 12.2. The number of carbonyl (C=O) groups is 2. The molecule has 1 saturated heterocycles. The summed E-state index contributed by atoms with van der Waals surface area (Å²) < 4.78 is 1.77. The van der Waals surface area contributed by atoms with Crippen LogP contribution in [0.2, 0.25) is 0 Å². The van der Waals surface area contributed by atoms with Crippen molar-refractivity contribution in [2.45, 2.75) is 37.8 Å². The van der Waals surface area contributed by atoms with Crippen LogP contribution in [0, 0.1) is 11.8 Å². The molecule has 2 heterocycles. The molecule has 6 nitrogen and oxygen atoms in total. The first kappa shape index (κ1) is 14.7. The fourth-order valence-corrected chi connectivity index (χ4v) is 4.05. The third-order valence-corrected chi connectivity index (χ3v) is 5.59. The van der Waals surface area contributed by atoms with Crippen molar-refractivity contribution in [3.05, 3.63) is 48.3 Å². The minimum Gasteiger partial charge on any atom is -0.323 e. The van der Waals surface area contributed by atoms with Crippen LogP contribution in [0.15, 0.2) is 42.6 Å². The second-order valence-corrected chi connectivity index (χ2v) is 7.33. The molecule has 2 saturated carbocycles. The number of benzene rings is 1. The Morgan fingerprint density at radius 2 is 1.72 bits per heavy atom. The van der Waals surface area contributed by atoms with E-state index in [9.17, 15) is 9.59 Å². The Morgan fingerprint density at radius 1 is 1.04 bits per heavy atom. The fraction of sp³-hybridized carbons (Fsp3) is 0.421. The fourth-order valence-electron chi connectivity index (χ4n) is 4.05. The number of aromatic nitrogens is 2. The first-order valence-electron chi connectivity index (χ1n) is 8.92. The van der Waals surface area contributed by atoms with Crippen LogP contribution in [-0.4, -0.2) is 32.2 Å². The summed E-state index contributed by atoms with van der Waals surface area (Å²) in [5.41, 5.74) is 1.05. The van der Waals surface area contributed by atoms with Gasteiger partial charge in [0.25, 0.3) is 5.91 Å². The molecular formula is C19H20N4O2. The Labute approximate surface area is 145 Å². The lowest BCUT2D eigenvalue weighted by atomic mass is 9.87. The maximum Gasteiger partial charge on any atom is 0.325 e. The third kappa shape index (κ3) is 2.27. The van der Waals surface area contributed by atoms with Crippen molar-refractivity contribution in [3.8, 4) is 5.69 Å². The third-order valence-electron chi connectivity index (χ3n) is 5.59. The van der Waals surface area contributed by atoms with E-state index in [0.717, 1.165) is 37.1 Å². The summed E-state index contributed by atoms with van der Waals surface area (Å²) in [7, 11) is 0. The van der Waals surface area contributed by atoms with Crippen molar-refractivity contribution < 1.29 is 9.59 Å². The molecule has 3 aliphatic rings. The summed E-state index contributed by atoms with van der Waals surface area (Å²) in [6, 6.07) is 11.4. The molecule has 128 valence electrons. The molecule has 0 bridgehead atoms. The first-order valence-corrected chi connectivity index (χ1v) is 8.92. The van der Waals surface area contributed by atoms with Crippen LogP contribution >= 0.6 is 0 Å². The van der Waals surface area contributed by atoms with E-state index in [2.05, 4.69) is 10.4 Å². The number of hydrogen-bond donors (Lipinski definition) is 1. The molecule has 5 rings (SSSR count). The van der Waals surface area contributed by atoms with Crippen molar-refractivity contribution >= 4 is 11.9 Å². The average molecular weight is 336 g/mol. The summed E-state index contributed by atoms with van der Waals surface area (Å²) in [6.45, 7) is 0.228. The summed E-state index contributed by atoms with van der Waals surface area (Å²) in [6.07, 6.45) is 6.02. The highest BCUT2D eigenvalue weighted by Gasteiger charge is 2.65. The second kappa shape index (κ2) is 5.18. The van der Waals surface area contributed by atoms with Gasteiger partial charge < -0.3 is 5.32 Å². The monoisotopic (exact) mass is 336 g/mol. The summed E-state index contributed by atoms with van der Waals surface area (Å²) >= 11 is 0. The average Bonchev–Trinajstić information content (AvgIpc) is 3.55. The number of urea groups is 1. The van der Waals surface area contributed by atoms with Gasteiger partial charge in [-0.25, -0.2) is 9.48 Å². The lowest BCUT2D eigenvalue weighted by molar-refractivity contribution is -0.133. The van der Waals surface area contributed by atoms with Crippen molar-refractivity contribution in [1.82, 2.24) is 20.0 Å². The van der Waals surface area contributed by atoms with Crippen LogP contribution in [0.3, 0.4) is 0 Å². The number of hydrogen-bond acceptors (Lipinski definition) is 3. The largest absolute Gasteiger partial charge is 0.325 e. The second-order valence-electron chi connectivity index (χ2n) is 7.33. The Bertz CT molecular complexity index is 824. The van der Waals surface area contributed by atoms with Gasteiger partial charge in [-0.3, -0.25) is 9.69 Å². The summed E-state index contributed by atoms with van der Waals surface area (Å²) in [4.78, 5) is 27.0. The van der Waals surface area contributed by atoms with E-state index < -0.39 is 5.54 Å². The van der Waals surface area contributed by atoms with Crippen LogP contribution in [-0.2, 0) is 11.3 Å². The Morgan fingerprint density at radius 3 is 2.36 bits per heavy atom. The Hall–Kier alpha value is -2.63. The minimum atomic E-state index is -0.626. The molecule has 0 atom stereocenters. The molecule has 6 heteroatoms. The molecular weight excluding hydrogens is 316 g/mol. The zero-order valence-electron chi connectivity index (χ0n) is 13.9. The van der Waals surface area contributed by atoms with Crippen LogP contribution in [0.25, 0.3) is 5.69 Å². The molecule has 0 radical (unpaired) electrons. The van der Waals surface area contributed by atoms with Gasteiger partial charge >= 0.3 is 6.03 Å². The highest BCUT2D eigenvalue weighted by molar-refractivity contribution is 6.07. The molecule has 25 heavy (non-hydrogen) atoms. The van der Waals surface area contributed by atoms with E-state index in [-0.39, 0.29) is 18.5 Å². The lowest BCUT2D eigenvalue weighted by Crippen LogP contribution is -2.51. The SMILES string of the molecule is O=C1NC(C2CC2)(C2CC2)C(=O)N1Cc1ccn(-c2ccccc2)n1. The molecule has 0 spiro atoms. The number of amides is 3. The van der Waals surface area contributed by atoms with Gasteiger partial charge in [-0.1, -0.05) is 18.2 Å². The molecule has 3 fully saturated rings. The number of nitrogens with one attached hydrogen (secondary N) is 1. The smallest absolute Gasteiger partial charge is 0.323 e. The van der Waals surface area contributed by atoms with E-state index in [1.54, 1.807) is 4.68 Å². The van der Waals surface area contributed by atoms with Gasteiger partial charge in [-0.05, 0) is 55.7 Å². The standard InChI is InChI=1S/C19H20N4O2/c24-17-19(13-6-7-13,14-8-9-14)20-18(25)22(17)12-15-10-11-23(21-15)16-4-2-1-3-5-16/h1-5,10-11,13-14H,6-9,12H2,(H,20,25). The molecule has 1 aromatic heterocycles. The summed E-state index contributed by atoms with van der Waals surface area (Å²) in [5, 5.41) is 7.58. The number of imide groups is 1. The topological polar surface area (TPSA) is 67.2 Å². The molecule has 3 amide bonds. The van der Waals surface area contributed by atoms with Gasteiger partial charge in [0.05, 0.1) is 17.9 Å². The van der Waals surface area contributed by atoms with Crippen LogP contribution < -0.4 is 5.32 Å². The predicted octanol–water partition coefficient (Wildman–Crippen LogP) is 2.48. The molecule has 0 unspecified atom stereocenters. The van der Waals surface area contributed by atoms with Gasteiger partial charge in [-0.2, -0.15) is 5.10 Å². The van der Waals surface area contributed by atoms with Crippen molar-refractivity contribution in [1.29, 1.82) is 0 Å². The minimum absolute atomic E-state index is 0.0447. The van der Waals surface area contributed by atoms with E-state index in [4.69, 9.17) is 0 Å². The number of rotatable bonds is 5. The normalized spacial score (nSPS) is 22.3. The number of para-hydroxylation sites is 1. The Kier molecular flexibility index (Phi) is 3.04. The van der Waals surface area contributed by atoms with Gasteiger partial charge in [-0.15, -0.1) is 0 Å². The van der Waals surface area contributed by atoms with Crippen molar-refractivity contribution in [2.24, 2.45) is 11.8 Å². The predicted molar refractivity (Wildman–Crippen MR) is 90.8 cm³/mol. The summed E-state index contributed by atoms with van der Waals surface area (Å²) in [5.74, 6) is 0.600. The molecule has 1 N–H and O–H groups in total. The van der Waals surface area contributed by atoms with Gasteiger partial charge in [0.15, 0.2) is 0 Å². The van der Waals surface area contributed by atoms with E-state index in [0.29, 0.717) is 11.8 Å². The zero-order chi connectivity index (χ0) is 17.0. The van der Waals surface area contributed by atoms with E-state index in [1.165, 1.54) is 4.90 Å². The lowest BCUT2D eigenvalue weighted by Gasteiger charge is -2.26. The highest BCUT2D eigenvalue weighted by atomic mass is 16.2.